The molecule has 0 spiro atoms. The Morgan fingerprint density at radius 3 is 2.68 bits per heavy atom. The normalized spacial score (nSPS) is 17.7. The lowest BCUT2D eigenvalue weighted by molar-refractivity contribution is -0.138. The number of aliphatic carboxylic acids is 1. The molecule has 1 unspecified atom stereocenters. The van der Waals surface area contributed by atoms with E-state index in [1.807, 2.05) is 18.2 Å². The van der Waals surface area contributed by atoms with E-state index in [0.717, 1.165) is 32.2 Å². The Morgan fingerprint density at radius 1 is 1.27 bits per heavy atom. The number of nitrogens with zero attached hydrogens (tertiary/aromatic N) is 1. The average molecular weight is 327 g/mol. The molecule has 0 aromatic heterocycles. The highest BCUT2D eigenvalue weighted by Gasteiger charge is 2.25. The number of rotatable bonds is 7. The standard InChI is InChI=1S/C16H22N2O3.ClH/c19-15(17-11-16(20)21)12-18-10-4-7-14(18)9-8-13-5-2-1-3-6-13;/h1-3,5-6,14H,4,7-12H2,(H,17,19)(H,20,21);1H. The molecule has 1 atom stereocenters. The molecule has 22 heavy (non-hydrogen) atoms. The minimum absolute atomic E-state index is 0. The highest BCUT2D eigenvalue weighted by atomic mass is 35.5. The monoisotopic (exact) mass is 326 g/mol. The maximum atomic E-state index is 11.7. The number of halogens is 1. The summed E-state index contributed by atoms with van der Waals surface area (Å²) in [5, 5.41) is 11.0. The first kappa shape index (κ1) is 18.5. The maximum Gasteiger partial charge on any atom is 0.322 e. The van der Waals surface area contributed by atoms with Gasteiger partial charge in [-0.3, -0.25) is 14.5 Å². The number of carbonyl (C=O) groups is 2. The van der Waals surface area contributed by atoms with Crippen molar-refractivity contribution in [3.05, 3.63) is 35.9 Å². The average Bonchev–Trinajstić information content (AvgIpc) is 2.91. The van der Waals surface area contributed by atoms with E-state index in [9.17, 15) is 9.59 Å². The highest BCUT2D eigenvalue weighted by molar-refractivity contribution is 5.85. The van der Waals surface area contributed by atoms with E-state index in [-0.39, 0.29) is 24.9 Å². The van der Waals surface area contributed by atoms with Gasteiger partial charge in [0.25, 0.3) is 0 Å². The van der Waals surface area contributed by atoms with E-state index in [4.69, 9.17) is 5.11 Å². The summed E-state index contributed by atoms with van der Waals surface area (Å²) in [5.74, 6) is -1.21. The molecule has 2 rings (SSSR count). The molecule has 1 fully saturated rings. The third kappa shape index (κ3) is 6.03. The van der Waals surface area contributed by atoms with Crippen molar-refractivity contribution < 1.29 is 14.7 Å². The molecule has 1 heterocycles. The molecular formula is C16H23ClN2O3. The van der Waals surface area contributed by atoms with Crippen LogP contribution in [-0.2, 0) is 16.0 Å². The van der Waals surface area contributed by atoms with Crippen molar-refractivity contribution in [1.29, 1.82) is 0 Å². The van der Waals surface area contributed by atoms with Crippen LogP contribution in [0, 0.1) is 0 Å². The van der Waals surface area contributed by atoms with Gasteiger partial charge in [0.15, 0.2) is 0 Å². The van der Waals surface area contributed by atoms with Gasteiger partial charge >= 0.3 is 5.97 Å². The summed E-state index contributed by atoms with van der Waals surface area (Å²) in [6.07, 6.45) is 4.26. The molecule has 122 valence electrons. The van der Waals surface area contributed by atoms with Gasteiger partial charge in [0.05, 0.1) is 6.54 Å². The van der Waals surface area contributed by atoms with Crippen molar-refractivity contribution in [2.45, 2.75) is 31.7 Å². The molecule has 1 aliphatic rings. The second-order valence-electron chi connectivity index (χ2n) is 5.46. The summed E-state index contributed by atoms with van der Waals surface area (Å²) < 4.78 is 0. The number of hydrogen-bond acceptors (Lipinski definition) is 3. The molecule has 1 saturated heterocycles. The smallest absolute Gasteiger partial charge is 0.322 e. The summed E-state index contributed by atoms with van der Waals surface area (Å²) in [5.41, 5.74) is 1.32. The number of nitrogens with one attached hydrogen (secondary N) is 1. The van der Waals surface area contributed by atoms with Crippen molar-refractivity contribution in [2.75, 3.05) is 19.6 Å². The first-order valence-corrected chi connectivity index (χ1v) is 7.41. The summed E-state index contributed by atoms with van der Waals surface area (Å²) in [6.45, 7) is 0.911. The second-order valence-corrected chi connectivity index (χ2v) is 5.46. The van der Waals surface area contributed by atoms with Crippen LogP contribution in [0.2, 0.25) is 0 Å². The maximum absolute atomic E-state index is 11.7. The molecule has 5 nitrogen and oxygen atoms in total. The summed E-state index contributed by atoms with van der Waals surface area (Å²) in [6, 6.07) is 10.8. The van der Waals surface area contributed by atoms with Crippen LogP contribution in [-0.4, -0.2) is 47.6 Å². The molecule has 0 radical (unpaired) electrons. The zero-order valence-corrected chi connectivity index (χ0v) is 13.3. The molecular weight excluding hydrogens is 304 g/mol. The topological polar surface area (TPSA) is 69.6 Å². The molecule has 0 aliphatic carbocycles. The first-order chi connectivity index (χ1) is 10.1. The summed E-state index contributed by atoms with van der Waals surface area (Å²) >= 11 is 0. The summed E-state index contributed by atoms with van der Waals surface area (Å²) in [7, 11) is 0. The molecule has 1 aromatic rings. The molecule has 1 amide bonds. The Hall–Kier alpha value is -1.59. The predicted octanol–water partition coefficient (Wildman–Crippen LogP) is 1.71. The number of aryl methyl sites for hydroxylation is 1. The van der Waals surface area contributed by atoms with Gasteiger partial charge in [-0.25, -0.2) is 0 Å². The third-order valence-electron chi connectivity index (χ3n) is 3.89. The number of carbonyl (C=O) groups excluding carboxylic acids is 1. The van der Waals surface area contributed by atoms with Crippen LogP contribution in [0.1, 0.15) is 24.8 Å². The minimum Gasteiger partial charge on any atom is -0.480 e. The van der Waals surface area contributed by atoms with Crippen LogP contribution in [0.25, 0.3) is 0 Å². The van der Waals surface area contributed by atoms with Gasteiger partial charge in [0.2, 0.25) is 5.91 Å². The Kier molecular flexibility index (Phi) is 7.91. The van der Waals surface area contributed by atoms with Crippen LogP contribution < -0.4 is 5.32 Å². The number of benzene rings is 1. The fourth-order valence-electron chi connectivity index (χ4n) is 2.82. The fourth-order valence-corrected chi connectivity index (χ4v) is 2.82. The third-order valence-corrected chi connectivity index (χ3v) is 3.89. The number of carboxylic acids is 1. The highest BCUT2D eigenvalue weighted by Crippen LogP contribution is 2.21. The van der Waals surface area contributed by atoms with Gasteiger partial charge in [-0.05, 0) is 37.8 Å². The van der Waals surface area contributed by atoms with Gasteiger partial charge in [-0.1, -0.05) is 30.3 Å². The van der Waals surface area contributed by atoms with E-state index in [1.54, 1.807) is 0 Å². The van der Waals surface area contributed by atoms with Crippen molar-refractivity contribution in [3.8, 4) is 0 Å². The number of carboxylic acid groups (broad SMARTS) is 1. The summed E-state index contributed by atoms with van der Waals surface area (Å²) in [4.78, 5) is 24.3. The van der Waals surface area contributed by atoms with Crippen LogP contribution in [0.15, 0.2) is 30.3 Å². The Balaban J connectivity index is 0.00000242. The quantitative estimate of drug-likeness (QED) is 0.800. The Bertz CT molecular complexity index is 482. The minimum atomic E-state index is -1.01. The van der Waals surface area contributed by atoms with Crippen LogP contribution in [0.3, 0.4) is 0 Å². The van der Waals surface area contributed by atoms with Crippen molar-refractivity contribution in [1.82, 2.24) is 10.2 Å². The zero-order valence-electron chi connectivity index (χ0n) is 12.5. The van der Waals surface area contributed by atoms with E-state index < -0.39 is 5.97 Å². The second kappa shape index (κ2) is 9.43. The van der Waals surface area contributed by atoms with Gasteiger partial charge in [0, 0.05) is 6.04 Å². The van der Waals surface area contributed by atoms with Gasteiger partial charge in [-0.2, -0.15) is 0 Å². The molecule has 1 aliphatic heterocycles. The van der Waals surface area contributed by atoms with Crippen LogP contribution in [0.5, 0.6) is 0 Å². The lowest BCUT2D eigenvalue weighted by Gasteiger charge is -2.23. The van der Waals surface area contributed by atoms with Crippen LogP contribution in [0.4, 0.5) is 0 Å². The Morgan fingerprint density at radius 2 is 2.00 bits per heavy atom. The van der Waals surface area contributed by atoms with Crippen molar-refractivity contribution in [2.24, 2.45) is 0 Å². The number of amides is 1. The molecule has 6 heteroatoms. The van der Waals surface area contributed by atoms with Gasteiger partial charge in [0.1, 0.15) is 6.54 Å². The van der Waals surface area contributed by atoms with Gasteiger partial charge in [-0.15, -0.1) is 12.4 Å². The Labute approximate surface area is 137 Å². The van der Waals surface area contributed by atoms with E-state index in [0.29, 0.717) is 12.6 Å². The largest absolute Gasteiger partial charge is 0.480 e. The lowest BCUT2D eigenvalue weighted by Crippen LogP contribution is -2.41. The van der Waals surface area contributed by atoms with Gasteiger partial charge < -0.3 is 10.4 Å². The number of hydrogen-bond donors (Lipinski definition) is 2. The predicted molar refractivity (Wildman–Crippen MR) is 87.3 cm³/mol. The van der Waals surface area contributed by atoms with Crippen molar-refractivity contribution in [3.63, 3.8) is 0 Å². The lowest BCUT2D eigenvalue weighted by atomic mass is 10.0. The van der Waals surface area contributed by atoms with Crippen molar-refractivity contribution >= 4 is 24.3 Å². The first-order valence-electron chi connectivity index (χ1n) is 7.41. The fraction of sp³-hybridized carbons (Fsp3) is 0.500. The molecule has 0 bridgehead atoms. The van der Waals surface area contributed by atoms with E-state index in [1.165, 1.54) is 5.56 Å². The zero-order chi connectivity index (χ0) is 15.1. The van der Waals surface area contributed by atoms with E-state index in [2.05, 4.69) is 22.3 Å². The number of likely N-dealkylation sites (tertiary alicyclic amines) is 1. The molecule has 1 aromatic carbocycles. The molecule has 2 N–H and O–H groups in total. The van der Waals surface area contributed by atoms with Crippen LogP contribution >= 0.6 is 12.4 Å². The van der Waals surface area contributed by atoms with E-state index >= 15 is 0 Å². The SMILES string of the molecule is Cl.O=C(O)CNC(=O)CN1CCCC1CCc1ccccc1. The molecule has 0 saturated carbocycles.